The van der Waals surface area contributed by atoms with E-state index in [4.69, 9.17) is 0 Å². The van der Waals surface area contributed by atoms with Crippen molar-refractivity contribution < 1.29 is 27.5 Å². The third-order valence-electron chi connectivity index (χ3n) is 5.28. The van der Waals surface area contributed by atoms with Crippen molar-refractivity contribution in [2.75, 3.05) is 10.2 Å². The highest BCUT2D eigenvalue weighted by atomic mass is 19.4. The van der Waals surface area contributed by atoms with Gasteiger partial charge in [0, 0.05) is 12.2 Å². The fourth-order valence-electron chi connectivity index (χ4n) is 3.73. The van der Waals surface area contributed by atoms with Gasteiger partial charge < -0.3 is 15.0 Å². The monoisotopic (exact) mass is 434 g/mol. The average Bonchev–Trinajstić information content (AvgIpc) is 3.45. The Kier molecular flexibility index (Phi) is 5.03. The van der Waals surface area contributed by atoms with Crippen molar-refractivity contribution in [1.82, 2.24) is 9.88 Å². The molecular formula is C21H21F3N4O3. The van der Waals surface area contributed by atoms with Gasteiger partial charge in [0.1, 0.15) is 11.3 Å². The summed E-state index contributed by atoms with van der Waals surface area (Å²) in [6, 6.07) is 6.16. The van der Waals surface area contributed by atoms with Crippen LogP contribution >= 0.6 is 0 Å². The van der Waals surface area contributed by atoms with Crippen LogP contribution in [-0.4, -0.2) is 39.8 Å². The molecule has 2 fully saturated rings. The van der Waals surface area contributed by atoms with Gasteiger partial charge in [-0.2, -0.15) is 0 Å². The number of aromatic nitrogens is 1. The van der Waals surface area contributed by atoms with E-state index in [1.54, 1.807) is 18.5 Å². The second kappa shape index (κ2) is 7.44. The molecule has 0 bridgehead atoms. The lowest BCUT2D eigenvalue weighted by molar-refractivity contribution is -0.274. The number of alkyl halides is 3. The van der Waals surface area contributed by atoms with Crippen LogP contribution < -0.4 is 15.0 Å². The highest BCUT2D eigenvalue weighted by Gasteiger charge is 2.65. The first-order chi connectivity index (χ1) is 14.6. The molecule has 10 heteroatoms. The van der Waals surface area contributed by atoms with E-state index in [9.17, 15) is 22.8 Å². The molecule has 0 radical (unpaired) electrons. The van der Waals surface area contributed by atoms with Gasteiger partial charge in [0.15, 0.2) is 0 Å². The predicted molar refractivity (Wildman–Crippen MR) is 107 cm³/mol. The van der Waals surface area contributed by atoms with E-state index in [1.165, 1.54) is 17.0 Å². The minimum atomic E-state index is -4.82. The van der Waals surface area contributed by atoms with Crippen LogP contribution in [0.5, 0.6) is 5.75 Å². The lowest BCUT2D eigenvalue weighted by Crippen LogP contribution is -2.36. The third-order valence-corrected chi connectivity index (χ3v) is 5.28. The van der Waals surface area contributed by atoms with Crippen molar-refractivity contribution in [3.63, 3.8) is 0 Å². The number of carbonyl (C=O) groups is 2. The Morgan fingerprint density at radius 3 is 2.42 bits per heavy atom. The van der Waals surface area contributed by atoms with Crippen LogP contribution in [0, 0.1) is 0 Å². The van der Waals surface area contributed by atoms with Gasteiger partial charge in [-0.3, -0.25) is 9.78 Å². The fourth-order valence-corrected chi connectivity index (χ4v) is 3.73. The lowest BCUT2D eigenvalue weighted by atomic mass is 10.1. The van der Waals surface area contributed by atoms with Gasteiger partial charge in [-0.15, -0.1) is 13.2 Å². The number of pyridine rings is 1. The number of rotatable bonds is 6. The molecule has 4 rings (SSSR count). The molecule has 3 amide bonds. The number of benzene rings is 1. The standard InChI is InChI=1S/C21H21F3N4O3/c1-13(2)26-17-11-25-10-7-14(17)12-27-19(30)28(18(29)20(27)8-9-20)15-3-5-16(6-4-15)31-21(22,23)24/h3-7,10-11,13,26H,8-9,12H2,1-2H3. The van der Waals surface area contributed by atoms with Crippen LogP contribution in [-0.2, 0) is 11.3 Å². The topological polar surface area (TPSA) is 74.8 Å². The summed E-state index contributed by atoms with van der Waals surface area (Å²) in [7, 11) is 0. The van der Waals surface area contributed by atoms with Crippen LogP contribution in [0.25, 0.3) is 0 Å². The van der Waals surface area contributed by atoms with Gasteiger partial charge >= 0.3 is 12.4 Å². The van der Waals surface area contributed by atoms with E-state index in [0.717, 1.165) is 28.3 Å². The summed E-state index contributed by atoms with van der Waals surface area (Å²) >= 11 is 0. The van der Waals surface area contributed by atoms with Crippen molar-refractivity contribution in [1.29, 1.82) is 0 Å². The number of anilines is 2. The van der Waals surface area contributed by atoms with Crippen LogP contribution in [0.2, 0.25) is 0 Å². The Morgan fingerprint density at radius 2 is 1.84 bits per heavy atom. The van der Waals surface area contributed by atoms with E-state index < -0.39 is 23.7 Å². The van der Waals surface area contributed by atoms with Crippen molar-refractivity contribution in [3.05, 3.63) is 48.3 Å². The van der Waals surface area contributed by atoms with E-state index in [-0.39, 0.29) is 24.2 Å². The predicted octanol–water partition coefficient (Wildman–Crippen LogP) is 4.30. The van der Waals surface area contributed by atoms with Crippen LogP contribution in [0.1, 0.15) is 32.3 Å². The maximum Gasteiger partial charge on any atom is 0.573 e. The Labute approximate surface area is 176 Å². The molecule has 0 atom stereocenters. The summed E-state index contributed by atoms with van der Waals surface area (Å²) in [5.41, 5.74) is 0.900. The summed E-state index contributed by atoms with van der Waals surface area (Å²) in [4.78, 5) is 33.0. The van der Waals surface area contributed by atoms with Crippen LogP contribution in [0.3, 0.4) is 0 Å². The minimum Gasteiger partial charge on any atom is -0.406 e. The Morgan fingerprint density at radius 1 is 1.16 bits per heavy atom. The van der Waals surface area contributed by atoms with E-state index in [1.807, 2.05) is 13.8 Å². The molecule has 164 valence electrons. The number of nitrogens with one attached hydrogen (secondary N) is 1. The molecule has 1 aliphatic heterocycles. The number of halogens is 3. The molecule has 1 aliphatic carbocycles. The molecule has 1 N–H and O–H groups in total. The van der Waals surface area contributed by atoms with Crippen molar-refractivity contribution in [2.45, 2.75) is 51.2 Å². The van der Waals surface area contributed by atoms with Crippen LogP contribution in [0.15, 0.2) is 42.7 Å². The number of hydrogen-bond acceptors (Lipinski definition) is 5. The molecule has 2 aromatic rings. The first-order valence-corrected chi connectivity index (χ1v) is 9.82. The van der Waals surface area contributed by atoms with Gasteiger partial charge in [0.25, 0.3) is 5.91 Å². The summed E-state index contributed by atoms with van der Waals surface area (Å²) in [5, 5.41) is 3.28. The number of amides is 3. The summed E-state index contributed by atoms with van der Waals surface area (Å²) in [6.07, 6.45) is -0.432. The number of nitrogens with zero attached hydrogens (tertiary/aromatic N) is 3. The molecule has 7 nitrogen and oxygen atoms in total. The lowest BCUT2D eigenvalue weighted by Gasteiger charge is -2.23. The third kappa shape index (κ3) is 4.01. The Balaban J connectivity index is 1.59. The zero-order valence-corrected chi connectivity index (χ0v) is 16.9. The maximum atomic E-state index is 13.2. The Bertz CT molecular complexity index is 1000. The highest BCUT2D eigenvalue weighted by molar-refractivity contribution is 6.24. The number of imide groups is 1. The van der Waals surface area contributed by atoms with Crippen molar-refractivity contribution in [2.24, 2.45) is 0 Å². The molecule has 1 aromatic carbocycles. The highest BCUT2D eigenvalue weighted by Crippen LogP contribution is 2.50. The molecule has 1 aromatic heterocycles. The number of carbonyl (C=O) groups excluding carboxylic acids is 2. The largest absolute Gasteiger partial charge is 0.573 e. The van der Waals surface area contributed by atoms with E-state index in [2.05, 4.69) is 15.0 Å². The average molecular weight is 434 g/mol. The second-order valence-electron chi connectivity index (χ2n) is 7.91. The van der Waals surface area contributed by atoms with Crippen molar-refractivity contribution >= 4 is 23.3 Å². The summed E-state index contributed by atoms with van der Waals surface area (Å²) in [5.74, 6) is -0.788. The van der Waals surface area contributed by atoms with Crippen LogP contribution in [0.4, 0.5) is 29.3 Å². The zero-order valence-electron chi connectivity index (χ0n) is 16.9. The number of ether oxygens (including phenoxy) is 1. The second-order valence-corrected chi connectivity index (χ2v) is 7.91. The molecule has 1 saturated carbocycles. The number of hydrogen-bond donors (Lipinski definition) is 1. The molecule has 1 saturated heterocycles. The van der Waals surface area contributed by atoms with Gasteiger partial charge in [-0.05, 0) is 62.6 Å². The SMILES string of the molecule is CC(C)Nc1cnccc1CN1C(=O)N(c2ccc(OC(F)(F)F)cc2)C(=O)C12CC2. The fraction of sp³-hybridized carbons (Fsp3) is 0.381. The zero-order chi connectivity index (χ0) is 22.4. The first kappa shape index (κ1) is 21.0. The molecule has 2 heterocycles. The van der Waals surface area contributed by atoms with Gasteiger partial charge in [0.05, 0.1) is 24.1 Å². The summed E-state index contributed by atoms with van der Waals surface area (Å²) < 4.78 is 41.0. The van der Waals surface area contributed by atoms with Gasteiger partial charge in [-0.25, -0.2) is 9.69 Å². The molecule has 1 spiro atoms. The smallest absolute Gasteiger partial charge is 0.406 e. The first-order valence-electron chi connectivity index (χ1n) is 9.82. The molecule has 31 heavy (non-hydrogen) atoms. The van der Waals surface area contributed by atoms with Gasteiger partial charge in [-0.1, -0.05) is 0 Å². The minimum absolute atomic E-state index is 0.155. The molecular weight excluding hydrogens is 413 g/mol. The van der Waals surface area contributed by atoms with Gasteiger partial charge in [0.2, 0.25) is 0 Å². The molecule has 2 aliphatic rings. The maximum absolute atomic E-state index is 13.2. The summed E-state index contributed by atoms with van der Waals surface area (Å²) in [6.45, 7) is 4.18. The van der Waals surface area contributed by atoms with E-state index >= 15 is 0 Å². The number of urea groups is 1. The Hall–Kier alpha value is -3.30. The quantitative estimate of drug-likeness (QED) is 0.686. The van der Waals surface area contributed by atoms with Crippen molar-refractivity contribution in [3.8, 4) is 5.75 Å². The van der Waals surface area contributed by atoms with E-state index in [0.29, 0.717) is 12.8 Å². The molecule has 0 unspecified atom stereocenters. The normalized spacial score (nSPS) is 17.6.